The molecule has 0 aliphatic carbocycles. The Hall–Kier alpha value is -1.39. The number of aromatic nitrogens is 2. The monoisotopic (exact) mass is 253 g/mol. The maximum atomic E-state index is 12.8. The zero-order chi connectivity index (χ0) is 11.0. The summed E-state index contributed by atoms with van der Waals surface area (Å²) in [7, 11) is 0. The molecular formula is C12H13ClFN3. The molecule has 1 aromatic carbocycles. The minimum Gasteiger partial charge on any atom is -0.332 e. The van der Waals surface area contributed by atoms with Crippen molar-refractivity contribution in [3.8, 4) is 11.3 Å². The van der Waals surface area contributed by atoms with Gasteiger partial charge in [-0.05, 0) is 24.3 Å². The van der Waals surface area contributed by atoms with Gasteiger partial charge in [0.1, 0.15) is 11.6 Å². The highest BCUT2D eigenvalue weighted by Crippen LogP contribution is 2.19. The first kappa shape index (κ1) is 12.1. The molecule has 0 atom stereocenters. The van der Waals surface area contributed by atoms with Crippen molar-refractivity contribution in [2.24, 2.45) is 0 Å². The summed E-state index contributed by atoms with van der Waals surface area (Å²) in [5, 5.41) is 3.27. The van der Waals surface area contributed by atoms with Crippen LogP contribution in [0.15, 0.2) is 30.5 Å². The van der Waals surface area contributed by atoms with Crippen molar-refractivity contribution in [2.75, 3.05) is 6.54 Å². The zero-order valence-corrected chi connectivity index (χ0v) is 10.0. The van der Waals surface area contributed by atoms with Gasteiger partial charge in [-0.2, -0.15) is 0 Å². The van der Waals surface area contributed by atoms with Crippen LogP contribution in [-0.4, -0.2) is 16.1 Å². The van der Waals surface area contributed by atoms with Crippen molar-refractivity contribution < 1.29 is 4.39 Å². The van der Waals surface area contributed by atoms with Crippen molar-refractivity contribution in [2.45, 2.75) is 13.1 Å². The third-order valence-electron chi connectivity index (χ3n) is 2.81. The predicted octanol–water partition coefficient (Wildman–Crippen LogP) is 2.21. The topological polar surface area (TPSA) is 29.9 Å². The number of nitrogens with one attached hydrogen (secondary N) is 1. The molecule has 1 N–H and O–H groups in total. The van der Waals surface area contributed by atoms with Crippen LogP contribution in [0.5, 0.6) is 0 Å². The largest absolute Gasteiger partial charge is 0.332 e. The lowest BCUT2D eigenvalue weighted by molar-refractivity contribution is 0.505. The van der Waals surface area contributed by atoms with E-state index >= 15 is 0 Å². The first-order chi connectivity index (χ1) is 7.83. The molecule has 17 heavy (non-hydrogen) atoms. The van der Waals surface area contributed by atoms with E-state index in [1.165, 1.54) is 12.1 Å². The fraction of sp³-hybridized carbons (Fsp3) is 0.250. The highest BCUT2D eigenvalue weighted by molar-refractivity contribution is 5.85. The van der Waals surface area contributed by atoms with E-state index in [1.54, 1.807) is 12.1 Å². The lowest BCUT2D eigenvalue weighted by Gasteiger charge is -2.13. The highest BCUT2D eigenvalue weighted by atomic mass is 35.5. The van der Waals surface area contributed by atoms with Crippen LogP contribution in [0.4, 0.5) is 4.39 Å². The number of hydrogen-bond donors (Lipinski definition) is 1. The van der Waals surface area contributed by atoms with E-state index in [0.29, 0.717) is 0 Å². The maximum Gasteiger partial charge on any atom is 0.123 e. The minimum absolute atomic E-state index is 0. The number of benzene rings is 1. The third-order valence-corrected chi connectivity index (χ3v) is 2.81. The van der Waals surface area contributed by atoms with E-state index in [4.69, 9.17) is 0 Å². The smallest absolute Gasteiger partial charge is 0.123 e. The molecule has 0 unspecified atom stereocenters. The van der Waals surface area contributed by atoms with Crippen LogP contribution >= 0.6 is 12.4 Å². The molecule has 3 rings (SSSR count). The van der Waals surface area contributed by atoms with Crippen LogP contribution in [-0.2, 0) is 13.1 Å². The number of nitrogens with zero attached hydrogens (tertiary/aromatic N) is 2. The van der Waals surface area contributed by atoms with E-state index in [2.05, 4.69) is 14.9 Å². The normalized spacial score (nSPS) is 13.9. The van der Waals surface area contributed by atoms with Crippen LogP contribution in [0.2, 0.25) is 0 Å². The van der Waals surface area contributed by atoms with Gasteiger partial charge in [0.05, 0.1) is 12.2 Å². The van der Waals surface area contributed by atoms with Crippen molar-refractivity contribution >= 4 is 12.4 Å². The maximum absolute atomic E-state index is 12.8. The summed E-state index contributed by atoms with van der Waals surface area (Å²) in [6.45, 7) is 2.73. The summed E-state index contributed by atoms with van der Waals surface area (Å²) < 4.78 is 14.9. The first-order valence-corrected chi connectivity index (χ1v) is 5.35. The van der Waals surface area contributed by atoms with Crippen LogP contribution < -0.4 is 5.32 Å². The van der Waals surface area contributed by atoms with Gasteiger partial charge in [0.25, 0.3) is 0 Å². The van der Waals surface area contributed by atoms with E-state index in [0.717, 1.165) is 36.7 Å². The number of hydrogen-bond acceptors (Lipinski definition) is 2. The Morgan fingerprint density at radius 2 is 2.00 bits per heavy atom. The van der Waals surface area contributed by atoms with Crippen LogP contribution in [0.3, 0.4) is 0 Å². The average Bonchev–Trinajstić information content (AvgIpc) is 2.73. The van der Waals surface area contributed by atoms with Gasteiger partial charge in [0, 0.05) is 24.8 Å². The van der Waals surface area contributed by atoms with Crippen molar-refractivity contribution in [1.82, 2.24) is 14.9 Å². The number of imidazole rings is 1. The molecule has 3 nitrogen and oxygen atoms in total. The van der Waals surface area contributed by atoms with Gasteiger partial charge in [0.2, 0.25) is 0 Å². The fourth-order valence-corrected chi connectivity index (χ4v) is 1.95. The summed E-state index contributed by atoms with van der Waals surface area (Å²) in [6, 6.07) is 6.45. The lowest BCUT2D eigenvalue weighted by atomic mass is 10.2. The summed E-state index contributed by atoms with van der Waals surface area (Å²) in [6.07, 6.45) is 2.03. The summed E-state index contributed by atoms with van der Waals surface area (Å²) in [5.74, 6) is 0.833. The molecule has 0 spiro atoms. The Morgan fingerprint density at radius 3 is 2.71 bits per heavy atom. The fourth-order valence-electron chi connectivity index (χ4n) is 1.95. The standard InChI is InChI=1S/C12H12FN3.ClH/c13-10-3-1-9(2-4-10)11-8-16-6-5-14-7-12(16)15-11;/h1-4,8,14H,5-7H2;1H. The molecule has 5 heteroatoms. The second-order valence-corrected chi connectivity index (χ2v) is 3.92. The minimum atomic E-state index is -0.214. The van der Waals surface area contributed by atoms with Crippen LogP contribution in [0.1, 0.15) is 5.82 Å². The molecule has 1 aromatic heterocycles. The van der Waals surface area contributed by atoms with E-state index in [9.17, 15) is 4.39 Å². The molecule has 0 bridgehead atoms. The summed E-state index contributed by atoms with van der Waals surface area (Å²) in [4.78, 5) is 4.53. The first-order valence-electron chi connectivity index (χ1n) is 5.35. The van der Waals surface area contributed by atoms with Crippen LogP contribution in [0.25, 0.3) is 11.3 Å². The van der Waals surface area contributed by atoms with Gasteiger partial charge in [-0.15, -0.1) is 12.4 Å². The molecular weight excluding hydrogens is 241 g/mol. The van der Waals surface area contributed by atoms with Gasteiger partial charge in [-0.25, -0.2) is 9.37 Å². The molecule has 0 fully saturated rings. The third kappa shape index (κ3) is 2.33. The molecule has 0 saturated carbocycles. The molecule has 1 aliphatic heterocycles. The summed E-state index contributed by atoms with van der Waals surface area (Å²) >= 11 is 0. The lowest BCUT2D eigenvalue weighted by Crippen LogP contribution is -2.27. The van der Waals surface area contributed by atoms with Gasteiger partial charge >= 0.3 is 0 Å². The Kier molecular flexibility index (Phi) is 3.45. The molecule has 2 aromatic rings. The van der Waals surface area contributed by atoms with Gasteiger partial charge in [-0.3, -0.25) is 0 Å². The van der Waals surface area contributed by atoms with Crippen molar-refractivity contribution in [1.29, 1.82) is 0 Å². The van der Waals surface area contributed by atoms with Crippen molar-refractivity contribution in [3.63, 3.8) is 0 Å². The Balaban J connectivity index is 0.00000108. The molecule has 1 aliphatic rings. The molecule has 0 amide bonds. The molecule has 0 saturated heterocycles. The van der Waals surface area contributed by atoms with Gasteiger partial charge in [0.15, 0.2) is 0 Å². The van der Waals surface area contributed by atoms with E-state index in [-0.39, 0.29) is 18.2 Å². The number of halogens is 2. The second-order valence-electron chi connectivity index (χ2n) is 3.92. The second kappa shape index (κ2) is 4.85. The Bertz CT molecular complexity index is 483. The van der Waals surface area contributed by atoms with Crippen molar-refractivity contribution in [3.05, 3.63) is 42.1 Å². The van der Waals surface area contributed by atoms with Crippen LogP contribution in [0, 0.1) is 5.82 Å². The average molecular weight is 254 g/mol. The van der Waals surface area contributed by atoms with E-state index < -0.39 is 0 Å². The quantitative estimate of drug-likeness (QED) is 0.845. The van der Waals surface area contributed by atoms with Gasteiger partial charge in [-0.1, -0.05) is 0 Å². The van der Waals surface area contributed by atoms with Gasteiger partial charge < -0.3 is 9.88 Å². The highest BCUT2D eigenvalue weighted by Gasteiger charge is 2.12. The Labute approximate surface area is 105 Å². The van der Waals surface area contributed by atoms with E-state index in [1.807, 2.05) is 6.20 Å². The SMILES string of the molecule is Cl.Fc1ccc(-c2cn3c(n2)CNCC3)cc1. The number of rotatable bonds is 1. The molecule has 90 valence electrons. The Morgan fingerprint density at radius 1 is 1.24 bits per heavy atom. The zero-order valence-electron chi connectivity index (χ0n) is 9.19. The molecule has 0 radical (unpaired) electrons. The predicted molar refractivity (Wildman–Crippen MR) is 66.6 cm³/mol. The number of fused-ring (bicyclic) bond motifs is 1. The molecule has 2 heterocycles. The summed E-state index contributed by atoms with van der Waals surface area (Å²) in [5.41, 5.74) is 1.88.